The number of hydrogen-bond acceptors (Lipinski definition) is 5. The van der Waals surface area contributed by atoms with E-state index < -0.39 is 27.9 Å². The molecule has 0 aromatic carbocycles. The third-order valence-electron chi connectivity index (χ3n) is 1.82. The number of nitro groups is 1. The van der Waals surface area contributed by atoms with E-state index >= 15 is 0 Å². The van der Waals surface area contributed by atoms with Crippen LogP contribution in [0.1, 0.15) is 12.1 Å². The van der Waals surface area contributed by atoms with Crippen LogP contribution >= 0.6 is 22.9 Å². The Labute approximate surface area is 102 Å². The lowest BCUT2D eigenvalue weighted by molar-refractivity contribution is -0.386. The molecule has 2 aromatic rings. The highest BCUT2D eigenvalue weighted by molar-refractivity contribution is 7.12. The van der Waals surface area contributed by atoms with Crippen LogP contribution < -0.4 is 0 Å². The zero-order chi connectivity index (χ0) is 12.6. The van der Waals surface area contributed by atoms with E-state index in [2.05, 4.69) is 10.1 Å². The summed E-state index contributed by atoms with van der Waals surface area (Å²) in [6.45, 7) is 0. The molecule has 0 radical (unpaired) electrons. The van der Waals surface area contributed by atoms with Crippen molar-refractivity contribution < 1.29 is 13.7 Å². The number of nitrogens with zero attached hydrogens (tertiary/aromatic N) is 4. The minimum atomic E-state index is -3.07. The van der Waals surface area contributed by atoms with E-state index in [1.807, 2.05) is 0 Å². The van der Waals surface area contributed by atoms with Crippen LogP contribution in [0.3, 0.4) is 0 Å². The van der Waals surface area contributed by atoms with Crippen LogP contribution in [-0.2, 0) is 0 Å². The molecule has 2 heterocycles. The summed E-state index contributed by atoms with van der Waals surface area (Å²) in [6.07, 6.45) is -1.67. The Bertz CT molecular complexity index is 556. The molecule has 0 unspecified atom stereocenters. The lowest BCUT2D eigenvalue weighted by Crippen LogP contribution is -1.96. The summed E-state index contributed by atoms with van der Waals surface area (Å²) in [5.41, 5.74) is -1.85. The zero-order valence-corrected chi connectivity index (χ0v) is 9.45. The monoisotopic (exact) mass is 280 g/mol. The maximum Gasteiger partial charge on any atom is 0.335 e. The summed E-state index contributed by atoms with van der Waals surface area (Å²) in [5, 5.41) is 15.3. The lowest BCUT2D eigenvalue weighted by atomic mass is 10.4. The average molecular weight is 281 g/mol. The fourth-order valence-corrected chi connectivity index (χ4v) is 2.10. The molecule has 0 aliphatic rings. The molecule has 0 spiro atoms. The zero-order valence-electron chi connectivity index (χ0n) is 7.88. The van der Waals surface area contributed by atoms with Gasteiger partial charge in [0, 0.05) is 11.6 Å². The van der Waals surface area contributed by atoms with Gasteiger partial charge in [-0.15, -0.1) is 11.3 Å². The van der Waals surface area contributed by atoms with E-state index in [4.69, 9.17) is 11.6 Å². The van der Waals surface area contributed by atoms with Gasteiger partial charge in [-0.25, -0.2) is 13.8 Å². The highest BCUT2D eigenvalue weighted by Crippen LogP contribution is 2.36. The number of aromatic nitrogens is 3. The van der Waals surface area contributed by atoms with E-state index in [1.54, 1.807) is 5.38 Å². The van der Waals surface area contributed by atoms with Gasteiger partial charge in [-0.3, -0.25) is 10.1 Å². The number of hydrogen-bond donors (Lipinski definition) is 0. The maximum absolute atomic E-state index is 12.6. The molecule has 0 saturated carbocycles. The van der Waals surface area contributed by atoms with Crippen LogP contribution in [0.15, 0.2) is 11.6 Å². The molecule has 6 nitrogen and oxygen atoms in total. The van der Waals surface area contributed by atoms with E-state index in [0.29, 0.717) is 0 Å². The van der Waals surface area contributed by atoms with Crippen LogP contribution in [0.4, 0.5) is 14.5 Å². The summed E-state index contributed by atoms with van der Waals surface area (Å²) in [4.78, 5) is 13.4. The van der Waals surface area contributed by atoms with Crippen molar-refractivity contribution in [2.24, 2.45) is 0 Å². The van der Waals surface area contributed by atoms with E-state index in [1.165, 1.54) is 6.20 Å². The molecular formula is C7H3ClF2N4O2S. The molecule has 0 amide bonds. The van der Waals surface area contributed by atoms with Gasteiger partial charge >= 0.3 is 5.69 Å². The molecule has 2 aromatic heterocycles. The first kappa shape index (κ1) is 11.9. The third kappa shape index (κ3) is 1.98. The smallest absolute Gasteiger partial charge is 0.258 e. The Morgan fingerprint density at radius 2 is 2.29 bits per heavy atom. The first-order chi connectivity index (χ1) is 8.02. The van der Waals surface area contributed by atoms with Crippen molar-refractivity contribution in [1.29, 1.82) is 0 Å². The van der Waals surface area contributed by atoms with E-state index in [9.17, 15) is 18.9 Å². The second-order valence-corrected chi connectivity index (χ2v) is 4.04. The molecule has 17 heavy (non-hydrogen) atoms. The minimum absolute atomic E-state index is 0.185. The Morgan fingerprint density at radius 1 is 1.59 bits per heavy atom. The van der Waals surface area contributed by atoms with Gasteiger partial charge in [0.1, 0.15) is 0 Å². The Kier molecular flexibility index (Phi) is 3.03. The van der Waals surface area contributed by atoms with Crippen LogP contribution in [0, 0.1) is 10.1 Å². The molecule has 0 bridgehead atoms. The Balaban J connectivity index is 2.64. The topological polar surface area (TPSA) is 73.8 Å². The molecular weight excluding hydrogens is 278 g/mol. The third-order valence-corrected chi connectivity index (χ3v) is 2.91. The highest BCUT2D eigenvalue weighted by Gasteiger charge is 2.33. The molecule has 0 atom stereocenters. The van der Waals surface area contributed by atoms with Crippen molar-refractivity contribution >= 4 is 28.6 Å². The number of rotatable bonds is 3. The Hall–Kier alpha value is -1.61. The molecule has 0 saturated heterocycles. The summed E-state index contributed by atoms with van der Waals surface area (Å²) < 4.78 is 26.0. The van der Waals surface area contributed by atoms with Crippen molar-refractivity contribution in [2.45, 2.75) is 6.43 Å². The molecule has 2 rings (SSSR count). The fraction of sp³-hybridized carbons (Fsp3) is 0.143. The first-order valence-electron chi connectivity index (χ1n) is 4.13. The highest BCUT2D eigenvalue weighted by atomic mass is 35.5. The summed E-state index contributed by atoms with van der Waals surface area (Å²) in [6, 6.07) is 0. The van der Waals surface area contributed by atoms with Crippen molar-refractivity contribution in [1.82, 2.24) is 14.8 Å². The van der Waals surface area contributed by atoms with Crippen molar-refractivity contribution in [3.8, 4) is 5.13 Å². The minimum Gasteiger partial charge on any atom is -0.258 e. The van der Waals surface area contributed by atoms with Gasteiger partial charge in [-0.1, -0.05) is 11.6 Å². The van der Waals surface area contributed by atoms with Gasteiger partial charge in [-0.05, 0) is 0 Å². The predicted molar refractivity (Wildman–Crippen MR) is 55.9 cm³/mol. The van der Waals surface area contributed by atoms with Crippen LogP contribution in [0.2, 0.25) is 5.15 Å². The van der Waals surface area contributed by atoms with Crippen LogP contribution in [0.5, 0.6) is 0 Å². The molecule has 0 aliphatic carbocycles. The van der Waals surface area contributed by atoms with Crippen LogP contribution in [0.25, 0.3) is 5.13 Å². The van der Waals surface area contributed by atoms with Gasteiger partial charge < -0.3 is 0 Å². The molecule has 10 heteroatoms. The summed E-state index contributed by atoms with van der Waals surface area (Å²) in [5.74, 6) is 0. The quantitative estimate of drug-likeness (QED) is 0.640. The molecule has 0 N–H and O–H groups in total. The van der Waals surface area contributed by atoms with Gasteiger partial charge in [0.25, 0.3) is 6.43 Å². The van der Waals surface area contributed by atoms with Crippen molar-refractivity contribution in [3.05, 3.63) is 32.5 Å². The SMILES string of the molecule is O=[N+]([O-])c1c(C(F)F)nn(-c2nccs2)c1Cl. The predicted octanol–water partition coefficient (Wildman–Crippen LogP) is 2.83. The van der Waals surface area contributed by atoms with Gasteiger partial charge in [0.05, 0.1) is 4.92 Å². The molecule has 0 fully saturated rings. The second kappa shape index (κ2) is 4.34. The van der Waals surface area contributed by atoms with E-state index in [0.717, 1.165) is 16.0 Å². The second-order valence-electron chi connectivity index (χ2n) is 2.81. The normalized spacial score (nSPS) is 11.1. The van der Waals surface area contributed by atoms with Gasteiger partial charge in [0.15, 0.2) is 0 Å². The standard InChI is InChI=1S/C7H3ClF2N4O2S/c8-5-4(14(15)16)3(6(9)10)12-13(5)7-11-1-2-17-7/h1-2,6H. The fourth-order valence-electron chi connectivity index (χ4n) is 1.17. The van der Waals surface area contributed by atoms with Crippen molar-refractivity contribution in [2.75, 3.05) is 0 Å². The van der Waals surface area contributed by atoms with Gasteiger partial charge in [0.2, 0.25) is 16.0 Å². The maximum atomic E-state index is 12.6. The number of halogens is 3. The van der Waals surface area contributed by atoms with Gasteiger partial charge in [-0.2, -0.15) is 9.78 Å². The summed E-state index contributed by atoms with van der Waals surface area (Å²) in [7, 11) is 0. The largest absolute Gasteiger partial charge is 0.335 e. The van der Waals surface area contributed by atoms with Crippen molar-refractivity contribution in [3.63, 3.8) is 0 Å². The number of thiazole rings is 1. The average Bonchev–Trinajstić information content (AvgIpc) is 2.83. The summed E-state index contributed by atoms with van der Waals surface area (Å²) >= 11 is 6.73. The van der Waals surface area contributed by atoms with Crippen LogP contribution in [-0.4, -0.2) is 19.7 Å². The number of alkyl halides is 2. The first-order valence-corrected chi connectivity index (χ1v) is 5.39. The van der Waals surface area contributed by atoms with E-state index in [-0.39, 0.29) is 5.13 Å². The molecule has 90 valence electrons. The molecule has 0 aliphatic heterocycles. The Morgan fingerprint density at radius 3 is 2.71 bits per heavy atom. The lowest BCUT2D eigenvalue weighted by Gasteiger charge is -1.94.